The number of hydrogen-bond donors (Lipinski definition) is 3. The number of benzene rings is 2. The van der Waals surface area contributed by atoms with Gasteiger partial charge in [-0.3, -0.25) is 0 Å². The second kappa shape index (κ2) is 9.97. The number of rotatable bonds is 7. The number of nitrogens with one attached hydrogen (secondary N) is 1. The predicted molar refractivity (Wildman–Crippen MR) is 112 cm³/mol. The second-order valence-electron chi connectivity index (χ2n) is 7.14. The number of aliphatic imine (C=N–C) groups is 1. The first-order valence-corrected chi connectivity index (χ1v) is 9.77. The molecular weight excluding hydrogens is 336 g/mol. The maximum atomic E-state index is 9.25. The summed E-state index contributed by atoms with van der Waals surface area (Å²) in [6, 6.07) is 18.9. The molecule has 0 spiro atoms. The molecule has 1 aliphatic rings. The first kappa shape index (κ1) is 19.2. The minimum absolute atomic E-state index is 0.311. The highest BCUT2D eigenvalue weighted by molar-refractivity contribution is 5.77. The molecule has 144 valence electrons. The average molecular weight is 367 g/mol. The van der Waals surface area contributed by atoms with E-state index < -0.39 is 0 Å². The summed E-state index contributed by atoms with van der Waals surface area (Å²) in [7, 11) is 0. The van der Waals surface area contributed by atoms with E-state index >= 15 is 0 Å². The summed E-state index contributed by atoms with van der Waals surface area (Å²) in [4.78, 5) is 6.82. The Morgan fingerprint density at radius 2 is 1.74 bits per heavy atom. The van der Waals surface area contributed by atoms with E-state index in [0.717, 1.165) is 44.5 Å². The van der Waals surface area contributed by atoms with Crippen LogP contribution < -0.4 is 16.0 Å². The van der Waals surface area contributed by atoms with Crippen LogP contribution in [0.5, 0.6) is 0 Å². The van der Waals surface area contributed by atoms with Gasteiger partial charge in [-0.25, -0.2) is 4.99 Å². The molecule has 0 saturated carbocycles. The molecule has 0 bridgehead atoms. The van der Waals surface area contributed by atoms with Crippen LogP contribution in [0.2, 0.25) is 0 Å². The van der Waals surface area contributed by atoms with Crippen molar-refractivity contribution >= 4 is 11.6 Å². The van der Waals surface area contributed by atoms with E-state index in [2.05, 4.69) is 51.6 Å². The Morgan fingerprint density at radius 3 is 2.41 bits per heavy atom. The van der Waals surface area contributed by atoms with Gasteiger partial charge in [0.25, 0.3) is 0 Å². The molecule has 27 heavy (non-hydrogen) atoms. The Morgan fingerprint density at radius 1 is 1.04 bits per heavy atom. The van der Waals surface area contributed by atoms with E-state index in [1.807, 2.05) is 18.2 Å². The normalized spacial score (nSPS) is 15.7. The number of aliphatic hydroxyl groups excluding tert-OH is 1. The van der Waals surface area contributed by atoms with Crippen LogP contribution in [0, 0.1) is 5.92 Å². The molecule has 0 unspecified atom stereocenters. The van der Waals surface area contributed by atoms with Gasteiger partial charge >= 0.3 is 0 Å². The molecule has 0 radical (unpaired) electrons. The molecule has 1 saturated heterocycles. The average Bonchev–Trinajstić information content (AvgIpc) is 2.73. The lowest BCUT2D eigenvalue weighted by Crippen LogP contribution is -2.34. The lowest BCUT2D eigenvalue weighted by atomic mass is 9.97. The number of aliphatic hydroxyl groups is 1. The molecule has 5 nitrogen and oxygen atoms in total. The molecule has 0 atom stereocenters. The third-order valence-corrected chi connectivity index (χ3v) is 5.17. The molecule has 0 aliphatic carbocycles. The number of anilines is 1. The van der Waals surface area contributed by atoms with Gasteiger partial charge in [0.15, 0.2) is 5.96 Å². The molecular formula is C22H30N4O. The molecule has 3 rings (SSSR count). The van der Waals surface area contributed by atoms with Crippen LogP contribution in [-0.2, 0) is 13.0 Å². The van der Waals surface area contributed by atoms with Crippen LogP contribution in [0.3, 0.4) is 0 Å². The zero-order valence-electron chi connectivity index (χ0n) is 15.8. The van der Waals surface area contributed by atoms with Crippen molar-refractivity contribution in [2.75, 3.05) is 31.1 Å². The van der Waals surface area contributed by atoms with Crippen LogP contribution >= 0.6 is 0 Å². The third kappa shape index (κ3) is 6.00. The number of nitrogens with two attached hydrogens (primary N) is 1. The predicted octanol–water partition coefficient (Wildman–Crippen LogP) is 2.54. The summed E-state index contributed by atoms with van der Waals surface area (Å²) in [6.45, 7) is 3.70. The zero-order chi connectivity index (χ0) is 18.9. The number of hydrogen-bond acceptors (Lipinski definition) is 3. The van der Waals surface area contributed by atoms with Crippen molar-refractivity contribution in [3.8, 4) is 0 Å². The van der Waals surface area contributed by atoms with Gasteiger partial charge in [0.2, 0.25) is 0 Å². The number of piperidine rings is 1. The maximum absolute atomic E-state index is 9.25. The van der Waals surface area contributed by atoms with E-state index in [0.29, 0.717) is 25.0 Å². The Labute approximate surface area is 161 Å². The SMILES string of the molecule is NC(=NCc1ccc(N2CCC(CO)CC2)cc1)NCCc1ccccc1. The Hall–Kier alpha value is -2.53. The molecule has 1 heterocycles. The standard InChI is InChI=1S/C22H30N4O/c23-22(24-13-10-18-4-2-1-3-5-18)25-16-19-6-8-21(9-7-19)26-14-11-20(17-27)12-15-26/h1-9,20,27H,10-17H2,(H3,23,24,25). The fraction of sp³-hybridized carbons (Fsp3) is 0.409. The molecule has 1 fully saturated rings. The van der Waals surface area contributed by atoms with Crippen molar-refractivity contribution in [1.29, 1.82) is 0 Å². The Bertz CT molecular complexity index is 707. The monoisotopic (exact) mass is 366 g/mol. The van der Waals surface area contributed by atoms with Gasteiger partial charge in [-0.15, -0.1) is 0 Å². The van der Waals surface area contributed by atoms with Crippen LogP contribution in [0.25, 0.3) is 0 Å². The summed E-state index contributed by atoms with van der Waals surface area (Å²) >= 11 is 0. The molecule has 2 aromatic rings. The summed E-state index contributed by atoms with van der Waals surface area (Å²) < 4.78 is 0. The summed E-state index contributed by atoms with van der Waals surface area (Å²) in [5.41, 5.74) is 9.65. The quantitative estimate of drug-likeness (QED) is 0.520. The fourth-order valence-corrected chi connectivity index (χ4v) is 3.40. The van der Waals surface area contributed by atoms with Gasteiger partial charge in [-0.2, -0.15) is 0 Å². The Kier molecular flexibility index (Phi) is 7.11. The van der Waals surface area contributed by atoms with Crippen molar-refractivity contribution in [2.45, 2.75) is 25.8 Å². The molecule has 0 aromatic heterocycles. The van der Waals surface area contributed by atoms with E-state index in [1.165, 1.54) is 11.3 Å². The summed E-state index contributed by atoms with van der Waals surface area (Å²) in [6.07, 6.45) is 3.06. The van der Waals surface area contributed by atoms with Crippen LogP contribution in [0.15, 0.2) is 59.6 Å². The highest BCUT2D eigenvalue weighted by atomic mass is 16.3. The minimum atomic E-state index is 0.311. The van der Waals surface area contributed by atoms with Gasteiger partial charge in [-0.05, 0) is 48.4 Å². The van der Waals surface area contributed by atoms with Crippen LogP contribution in [-0.4, -0.2) is 37.3 Å². The van der Waals surface area contributed by atoms with Crippen molar-refractivity contribution in [2.24, 2.45) is 16.6 Å². The highest BCUT2D eigenvalue weighted by Gasteiger charge is 2.18. The topological polar surface area (TPSA) is 73.9 Å². The van der Waals surface area contributed by atoms with Gasteiger partial charge in [-0.1, -0.05) is 42.5 Å². The van der Waals surface area contributed by atoms with Gasteiger partial charge < -0.3 is 21.1 Å². The summed E-state index contributed by atoms with van der Waals surface area (Å²) in [5, 5.41) is 12.4. The first-order chi connectivity index (χ1) is 13.2. The van der Waals surface area contributed by atoms with Crippen molar-refractivity contribution in [3.05, 3.63) is 65.7 Å². The van der Waals surface area contributed by atoms with Crippen LogP contribution in [0.4, 0.5) is 5.69 Å². The smallest absolute Gasteiger partial charge is 0.188 e. The molecule has 0 amide bonds. The van der Waals surface area contributed by atoms with E-state index in [1.54, 1.807) is 0 Å². The molecule has 2 aromatic carbocycles. The van der Waals surface area contributed by atoms with Gasteiger partial charge in [0, 0.05) is 31.9 Å². The number of nitrogens with zero attached hydrogens (tertiary/aromatic N) is 2. The van der Waals surface area contributed by atoms with Crippen molar-refractivity contribution in [3.63, 3.8) is 0 Å². The van der Waals surface area contributed by atoms with Crippen LogP contribution in [0.1, 0.15) is 24.0 Å². The van der Waals surface area contributed by atoms with E-state index in [9.17, 15) is 5.11 Å². The largest absolute Gasteiger partial charge is 0.396 e. The maximum Gasteiger partial charge on any atom is 0.188 e. The minimum Gasteiger partial charge on any atom is -0.396 e. The van der Waals surface area contributed by atoms with Crippen molar-refractivity contribution in [1.82, 2.24) is 5.32 Å². The molecule has 1 aliphatic heterocycles. The highest BCUT2D eigenvalue weighted by Crippen LogP contribution is 2.23. The second-order valence-corrected chi connectivity index (χ2v) is 7.14. The lowest BCUT2D eigenvalue weighted by Gasteiger charge is -2.32. The molecule has 5 heteroatoms. The first-order valence-electron chi connectivity index (χ1n) is 9.77. The zero-order valence-corrected chi connectivity index (χ0v) is 15.8. The van der Waals surface area contributed by atoms with Gasteiger partial charge in [0.1, 0.15) is 0 Å². The van der Waals surface area contributed by atoms with Gasteiger partial charge in [0.05, 0.1) is 6.54 Å². The summed E-state index contributed by atoms with van der Waals surface area (Å²) in [5.74, 6) is 0.952. The van der Waals surface area contributed by atoms with E-state index in [-0.39, 0.29) is 0 Å². The lowest BCUT2D eigenvalue weighted by molar-refractivity contribution is 0.203. The van der Waals surface area contributed by atoms with E-state index in [4.69, 9.17) is 5.73 Å². The molecule has 4 N–H and O–H groups in total. The number of guanidine groups is 1. The third-order valence-electron chi connectivity index (χ3n) is 5.17. The fourth-order valence-electron chi connectivity index (χ4n) is 3.40. The Balaban J connectivity index is 1.43. The van der Waals surface area contributed by atoms with Crippen molar-refractivity contribution < 1.29 is 5.11 Å².